The van der Waals surface area contributed by atoms with E-state index in [1.807, 2.05) is 31.7 Å². The minimum Gasteiger partial charge on any atom is -0.488 e. The summed E-state index contributed by atoms with van der Waals surface area (Å²) in [5, 5.41) is 7.34. The smallest absolute Gasteiger partial charge is 0.407 e. The summed E-state index contributed by atoms with van der Waals surface area (Å²) in [5.74, 6) is 1.76. The number of methoxy groups -OCH3 is 2. The number of alkyl carbamates (subject to hydrolysis) is 2. The lowest BCUT2D eigenvalue weighted by atomic mass is 9.85. The second-order valence-electron chi connectivity index (χ2n) is 17.4. The highest BCUT2D eigenvalue weighted by Gasteiger charge is 2.44. The van der Waals surface area contributed by atoms with E-state index in [4.69, 9.17) is 24.2 Å². The van der Waals surface area contributed by atoms with Gasteiger partial charge in [-0.05, 0) is 118 Å². The van der Waals surface area contributed by atoms with Gasteiger partial charge in [0.25, 0.3) is 0 Å². The summed E-state index contributed by atoms with van der Waals surface area (Å²) in [6.07, 6.45) is 4.91. The van der Waals surface area contributed by atoms with Crippen molar-refractivity contribution in [3.63, 3.8) is 0 Å². The number of nitrogens with zero attached hydrogens (tertiary/aromatic N) is 4. The second kappa shape index (κ2) is 16.6. The van der Waals surface area contributed by atoms with Crippen molar-refractivity contribution in [1.82, 2.24) is 40.4 Å². The molecule has 4 N–H and O–H groups in total. The lowest BCUT2D eigenvalue weighted by molar-refractivity contribution is -0.140. The Labute approximate surface area is 359 Å². The number of aromatic amines is 2. The average molecular weight is 847 g/mol. The van der Waals surface area contributed by atoms with Crippen LogP contribution in [0, 0.1) is 5.92 Å². The Morgan fingerprint density at radius 1 is 0.839 bits per heavy atom. The summed E-state index contributed by atoms with van der Waals surface area (Å²) in [6, 6.07) is 13.3. The number of imidazole rings is 2. The number of H-pyrrole nitrogens is 2. The Morgan fingerprint density at radius 2 is 1.56 bits per heavy atom. The van der Waals surface area contributed by atoms with Gasteiger partial charge in [0, 0.05) is 23.0 Å². The highest BCUT2D eigenvalue weighted by molar-refractivity contribution is 6.07. The van der Waals surface area contributed by atoms with E-state index in [-0.39, 0.29) is 60.7 Å². The number of rotatable bonds is 8. The van der Waals surface area contributed by atoms with E-state index in [0.29, 0.717) is 31.1 Å². The minimum atomic E-state index is -0.753. The van der Waals surface area contributed by atoms with Crippen LogP contribution in [0.3, 0.4) is 0 Å². The molecule has 16 nitrogen and oxygen atoms in total. The Bertz CT molecular complexity index is 2540. The quantitative estimate of drug-likeness (QED) is 0.126. The van der Waals surface area contributed by atoms with Crippen molar-refractivity contribution in [3.05, 3.63) is 65.9 Å². The monoisotopic (exact) mass is 846 g/mol. The van der Waals surface area contributed by atoms with E-state index in [1.165, 1.54) is 14.2 Å². The molecule has 3 saturated heterocycles. The second-order valence-corrected chi connectivity index (χ2v) is 17.4. The van der Waals surface area contributed by atoms with E-state index in [0.717, 1.165) is 81.2 Å². The molecule has 0 radical (unpaired) electrons. The van der Waals surface area contributed by atoms with Crippen molar-refractivity contribution >= 4 is 45.8 Å². The van der Waals surface area contributed by atoms with Crippen LogP contribution in [0.5, 0.6) is 5.75 Å². The van der Waals surface area contributed by atoms with Crippen LogP contribution in [-0.4, -0.2) is 105 Å². The van der Waals surface area contributed by atoms with Crippen molar-refractivity contribution in [2.45, 2.75) is 115 Å². The van der Waals surface area contributed by atoms with Crippen LogP contribution < -0.4 is 15.4 Å². The Morgan fingerprint density at radius 3 is 2.31 bits per heavy atom. The lowest BCUT2D eigenvalue weighted by Crippen LogP contribution is -2.55. The molecule has 4 aliphatic rings. The molecule has 0 spiro atoms. The van der Waals surface area contributed by atoms with Crippen LogP contribution in [0.15, 0.2) is 48.7 Å². The normalized spacial score (nSPS) is 24.9. The zero-order chi connectivity index (χ0) is 43.4. The molecule has 7 atom stereocenters. The van der Waals surface area contributed by atoms with Gasteiger partial charge in [-0.25, -0.2) is 19.6 Å². The maximum atomic E-state index is 14.6. The number of aromatic nitrogens is 4. The molecule has 4 aliphatic heterocycles. The average Bonchev–Trinajstić information content (AvgIpc) is 4.09. The van der Waals surface area contributed by atoms with Gasteiger partial charge in [-0.2, -0.15) is 0 Å². The summed E-state index contributed by atoms with van der Waals surface area (Å²) in [4.78, 5) is 72.5. The van der Waals surface area contributed by atoms with Gasteiger partial charge in [0.1, 0.15) is 36.6 Å². The first kappa shape index (κ1) is 41.2. The van der Waals surface area contributed by atoms with E-state index < -0.39 is 18.2 Å². The number of benzene rings is 3. The number of carbonyl (C=O) groups excluding carboxylic acids is 4. The van der Waals surface area contributed by atoms with Gasteiger partial charge in [-0.1, -0.05) is 18.2 Å². The molecule has 9 rings (SSSR count). The van der Waals surface area contributed by atoms with Crippen LogP contribution >= 0.6 is 0 Å². The number of hydrogen-bond donors (Lipinski definition) is 4. The van der Waals surface area contributed by atoms with E-state index in [1.54, 1.807) is 11.1 Å². The molecule has 0 bridgehead atoms. The van der Waals surface area contributed by atoms with Crippen molar-refractivity contribution in [1.29, 1.82) is 0 Å². The first-order chi connectivity index (χ1) is 29.9. The highest BCUT2D eigenvalue weighted by atomic mass is 16.5. The van der Waals surface area contributed by atoms with Crippen LogP contribution in [0.1, 0.15) is 95.5 Å². The fourth-order valence-corrected chi connectivity index (χ4v) is 10.3. The van der Waals surface area contributed by atoms with Gasteiger partial charge in [-0.15, -0.1) is 0 Å². The molecular formula is C46H54N8O8. The number of likely N-dealkylation sites (tertiary alicyclic amines) is 2. The van der Waals surface area contributed by atoms with Crippen LogP contribution in [-0.2, 0) is 30.4 Å². The van der Waals surface area contributed by atoms with E-state index in [2.05, 4.69) is 68.7 Å². The van der Waals surface area contributed by atoms with Crippen molar-refractivity contribution in [2.75, 3.05) is 20.8 Å². The molecule has 3 fully saturated rings. The Kier molecular flexibility index (Phi) is 11.0. The van der Waals surface area contributed by atoms with E-state index >= 15 is 0 Å². The fourth-order valence-electron chi connectivity index (χ4n) is 10.3. The molecule has 0 aliphatic carbocycles. The number of hydrogen-bond acceptors (Lipinski definition) is 10. The SMILES string of the molecule is COC(=O)NCC(=O)N1C(C)CCC1c1ncc(-c2ccc3c(c2)COc2cc4c(ccc5[nH]c(C6CCC(C)N6C(=O)C(NC(=O)OC)C6CC(C)OC(C)C6)nc54)cc2-3)[nH]1. The van der Waals surface area contributed by atoms with Gasteiger partial charge in [-0.3, -0.25) is 9.59 Å². The molecule has 5 aromatic rings. The van der Waals surface area contributed by atoms with Crippen molar-refractivity contribution < 1.29 is 38.1 Å². The summed E-state index contributed by atoms with van der Waals surface area (Å²) in [6.45, 7) is 8.31. The maximum Gasteiger partial charge on any atom is 0.407 e. The van der Waals surface area contributed by atoms with Crippen molar-refractivity contribution in [2.24, 2.45) is 5.92 Å². The zero-order valence-corrected chi connectivity index (χ0v) is 35.9. The topological polar surface area (TPSA) is 193 Å². The van der Waals surface area contributed by atoms with Gasteiger partial charge in [0.15, 0.2) is 0 Å². The molecule has 2 aromatic heterocycles. The summed E-state index contributed by atoms with van der Waals surface area (Å²) in [7, 11) is 2.58. The van der Waals surface area contributed by atoms with Crippen LogP contribution in [0.4, 0.5) is 9.59 Å². The largest absolute Gasteiger partial charge is 0.488 e. The Hall–Kier alpha value is -6.16. The predicted octanol–water partition coefficient (Wildman–Crippen LogP) is 7.05. The van der Waals surface area contributed by atoms with Crippen LogP contribution in [0.2, 0.25) is 0 Å². The summed E-state index contributed by atoms with van der Waals surface area (Å²) < 4.78 is 22.0. The molecule has 4 amide bonds. The number of carbonyl (C=O) groups is 4. The number of ether oxygens (including phenoxy) is 4. The lowest BCUT2D eigenvalue weighted by Gasteiger charge is -2.39. The minimum absolute atomic E-state index is 0.00713. The summed E-state index contributed by atoms with van der Waals surface area (Å²) >= 11 is 0. The molecule has 326 valence electrons. The standard InChI is InChI=1S/C46H54N8O8/c1-23-7-13-36(53(23)39(55)21-48-45(57)59-5)42-47-20-35(50-42)28-9-11-31-30(17-28)22-61-38-19-32-27(18-33(31)38)10-12-34-41(32)51-43(49-34)37-14-8-24(2)54(37)44(56)40(52-46(58)60-6)29-15-25(3)62-26(4)16-29/h9-12,17-20,23-26,29,36-37,40H,7-8,13-16,21-22H2,1-6H3,(H,47,50)(H,48,57)(H,49,51)(H,52,58). The first-order valence-corrected chi connectivity index (χ1v) is 21.6. The third kappa shape index (κ3) is 7.58. The molecular weight excluding hydrogens is 793 g/mol. The third-order valence-corrected chi connectivity index (χ3v) is 13.3. The number of fused-ring (bicyclic) bond motifs is 6. The molecule has 6 heterocycles. The number of nitrogens with one attached hydrogen (secondary N) is 4. The third-order valence-electron chi connectivity index (χ3n) is 13.3. The van der Waals surface area contributed by atoms with Gasteiger partial charge < -0.3 is 49.3 Å². The highest BCUT2D eigenvalue weighted by Crippen LogP contribution is 2.44. The molecule has 7 unspecified atom stereocenters. The van der Waals surface area contributed by atoms with Crippen molar-refractivity contribution in [3.8, 4) is 28.1 Å². The predicted molar refractivity (Wildman–Crippen MR) is 230 cm³/mol. The van der Waals surface area contributed by atoms with Gasteiger partial charge in [0.05, 0.1) is 61.4 Å². The molecule has 62 heavy (non-hydrogen) atoms. The van der Waals surface area contributed by atoms with E-state index in [9.17, 15) is 19.2 Å². The number of amides is 4. The van der Waals surface area contributed by atoms with Gasteiger partial charge in [0.2, 0.25) is 11.8 Å². The first-order valence-electron chi connectivity index (χ1n) is 21.6. The molecule has 16 heteroatoms. The van der Waals surface area contributed by atoms with Gasteiger partial charge >= 0.3 is 12.2 Å². The molecule has 0 saturated carbocycles. The fraction of sp³-hybridized carbons (Fsp3) is 0.478. The molecule has 3 aromatic carbocycles. The maximum absolute atomic E-state index is 14.6. The van der Waals surface area contributed by atoms with Crippen LogP contribution in [0.25, 0.3) is 44.2 Å². The Balaban J connectivity index is 0.965. The summed E-state index contributed by atoms with van der Waals surface area (Å²) in [5.41, 5.74) is 6.57. The zero-order valence-electron chi connectivity index (χ0n) is 35.9.